The Morgan fingerprint density at radius 2 is 1.79 bits per heavy atom. The highest BCUT2D eigenvalue weighted by molar-refractivity contribution is 6.04. The number of benzene rings is 2. The molecule has 29 heavy (non-hydrogen) atoms. The molecule has 1 aromatic heterocycles. The number of ketones is 1. The minimum atomic E-state index is -0.424. The Balaban J connectivity index is 1.54. The van der Waals surface area contributed by atoms with Crippen molar-refractivity contribution in [2.45, 2.75) is 19.9 Å². The van der Waals surface area contributed by atoms with Gasteiger partial charge in [0.25, 0.3) is 11.1 Å². The molecule has 0 fully saturated rings. The van der Waals surface area contributed by atoms with Gasteiger partial charge in [-0.25, -0.2) is 4.68 Å². The predicted molar refractivity (Wildman–Crippen MR) is 105 cm³/mol. The Kier molecular flexibility index (Phi) is 4.63. The van der Waals surface area contributed by atoms with Gasteiger partial charge in [-0.1, -0.05) is 12.1 Å². The number of ether oxygens (including phenoxy) is 2. The normalized spacial score (nSPS) is 12.2. The molecule has 0 aliphatic carbocycles. The molecule has 2 aromatic carbocycles. The van der Waals surface area contributed by atoms with Gasteiger partial charge in [-0.3, -0.25) is 24.3 Å². The average Bonchev–Trinajstić information content (AvgIpc) is 3.16. The van der Waals surface area contributed by atoms with E-state index in [9.17, 15) is 19.2 Å². The Bertz CT molecular complexity index is 1260. The molecule has 0 saturated carbocycles. The van der Waals surface area contributed by atoms with Crippen molar-refractivity contribution >= 4 is 28.2 Å². The number of anilines is 1. The van der Waals surface area contributed by atoms with E-state index in [1.165, 1.54) is 19.1 Å². The lowest BCUT2D eigenvalue weighted by atomic mass is 10.1. The molecule has 1 aliphatic rings. The van der Waals surface area contributed by atoms with Crippen LogP contribution in [-0.4, -0.2) is 28.3 Å². The third kappa shape index (κ3) is 3.49. The number of nitrogens with one attached hydrogen (secondary N) is 2. The van der Waals surface area contributed by atoms with E-state index in [-0.39, 0.29) is 36.5 Å². The first-order valence-electron chi connectivity index (χ1n) is 8.90. The fourth-order valence-corrected chi connectivity index (χ4v) is 3.17. The Hall–Kier alpha value is -3.88. The van der Waals surface area contributed by atoms with Crippen molar-refractivity contribution < 1.29 is 19.1 Å². The molecule has 3 aromatic rings. The highest BCUT2D eigenvalue weighted by Crippen LogP contribution is 2.37. The van der Waals surface area contributed by atoms with Crippen LogP contribution in [0.1, 0.15) is 23.7 Å². The van der Waals surface area contributed by atoms with Crippen LogP contribution in [0.2, 0.25) is 0 Å². The van der Waals surface area contributed by atoms with Gasteiger partial charge >= 0.3 is 0 Å². The smallest absolute Gasteiger partial charge is 0.273 e. The summed E-state index contributed by atoms with van der Waals surface area (Å²) in [6.45, 7) is 1.40. The number of aromatic nitrogens is 2. The fraction of sp³-hybridized carbons (Fsp3) is 0.200. The Morgan fingerprint density at radius 1 is 1.10 bits per heavy atom. The molecule has 0 saturated heterocycles. The maximum atomic E-state index is 12.5. The van der Waals surface area contributed by atoms with Crippen LogP contribution in [-0.2, 0) is 11.3 Å². The van der Waals surface area contributed by atoms with E-state index in [1.54, 1.807) is 24.3 Å². The second-order valence-electron chi connectivity index (χ2n) is 6.55. The van der Waals surface area contributed by atoms with Crippen LogP contribution in [0.3, 0.4) is 0 Å². The maximum absolute atomic E-state index is 12.5. The highest BCUT2D eigenvalue weighted by atomic mass is 16.7. The van der Waals surface area contributed by atoms with Gasteiger partial charge in [0, 0.05) is 18.1 Å². The van der Waals surface area contributed by atoms with Gasteiger partial charge < -0.3 is 14.8 Å². The molecule has 2 N–H and O–H groups in total. The molecular weight excluding hydrogens is 378 g/mol. The Morgan fingerprint density at radius 3 is 2.52 bits per heavy atom. The SMILES string of the molecule is CC(=O)c1cc2c(cc1NC(=O)CCn1[nH]c(=O)c3ccccc3c1=O)OCO2. The molecule has 0 radical (unpaired) electrons. The number of carbonyl (C=O) groups excluding carboxylic acids is 2. The van der Waals surface area contributed by atoms with Gasteiger partial charge in [0.2, 0.25) is 12.7 Å². The minimum absolute atomic E-state index is 0.0231. The van der Waals surface area contributed by atoms with Crippen molar-refractivity contribution in [3.05, 3.63) is 62.7 Å². The molecule has 9 heteroatoms. The third-order valence-electron chi connectivity index (χ3n) is 4.61. The van der Waals surface area contributed by atoms with Gasteiger partial charge in [-0.2, -0.15) is 0 Å². The van der Waals surface area contributed by atoms with E-state index >= 15 is 0 Å². The van der Waals surface area contributed by atoms with E-state index in [2.05, 4.69) is 10.4 Å². The van der Waals surface area contributed by atoms with Crippen molar-refractivity contribution in [1.82, 2.24) is 9.78 Å². The van der Waals surface area contributed by atoms with Gasteiger partial charge in [0.15, 0.2) is 17.3 Å². The topological polar surface area (TPSA) is 119 Å². The molecule has 0 bridgehead atoms. The first-order valence-corrected chi connectivity index (χ1v) is 8.90. The number of aryl methyl sites for hydroxylation is 1. The van der Waals surface area contributed by atoms with Crippen molar-refractivity contribution in [3.63, 3.8) is 0 Å². The number of hydrogen-bond donors (Lipinski definition) is 2. The monoisotopic (exact) mass is 395 g/mol. The van der Waals surface area contributed by atoms with Gasteiger partial charge in [-0.05, 0) is 25.1 Å². The van der Waals surface area contributed by atoms with Crippen molar-refractivity contribution in [2.75, 3.05) is 12.1 Å². The number of hydrogen-bond acceptors (Lipinski definition) is 6. The molecule has 1 aliphatic heterocycles. The zero-order valence-corrected chi connectivity index (χ0v) is 15.5. The second kappa shape index (κ2) is 7.27. The molecule has 2 heterocycles. The van der Waals surface area contributed by atoms with E-state index in [4.69, 9.17) is 9.47 Å². The van der Waals surface area contributed by atoms with Crippen LogP contribution in [0.4, 0.5) is 5.69 Å². The van der Waals surface area contributed by atoms with Crippen LogP contribution in [0.25, 0.3) is 10.8 Å². The zero-order valence-electron chi connectivity index (χ0n) is 15.5. The van der Waals surface area contributed by atoms with Crippen LogP contribution >= 0.6 is 0 Å². The zero-order chi connectivity index (χ0) is 20.5. The lowest BCUT2D eigenvalue weighted by Crippen LogP contribution is -2.31. The van der Waals surface area contributed by atoms with E-state index in [0.29, 0.717) is 28.1 Å². The third-order valence-corrected chi connectivity index (χ3v) is 4.61. The summed E-state index contributed by atoms with van der Waals surface area (Å²) in [7, 11) is 0. The molecule has 0 atom stereocenters. The van der Waals surface area contributed by atoms with Gasteiger partial charge in [0.1, 0.15) is 0 Å². The average molecular weight is 395 g/mol. The maximum Gasteiger partial charge on any atom is 0.273 e. The minimum Gasteiger partial charge on any atom is -0.454 e. The molecule has 1 amide bonds. The first-order chi connectivity index (χ1) is 13.9. The molecule has 148 valence electrons. The van der Waals surface area contributed by atoms with E-state index < -0.39 is 11.5 Å². The number of nitrogens with zero attached hydrogens (tertiary/aromatic N) is 1. The van der Waals surface area contributed by atoms with E-state index in [1.807, 2.05) is 0 Å². The van der Waals surface area contributed by atoms with Crippen molar-refractivity contribution in [3.8, 4) is 11.5 Å². The molecule has 4 rings (SSSR count). The second-order valence-corrected chi connectivity index (χ2v) is 6.55. The van der Waals surface area contributed by atoms with Crippen molar-refractivity contribution in [2.24, 2.45) is 0 Å². The number of carbonyl (C=O) groups is 2. The fourth-order valence-electron chi connectivity index (χ4n) is 3.17. The highest BCUT2D eigenvalue weighted by Gasteiger charge is 2.20. The summed E-state index contributed by atoms with van der Waals surface area (Å²) in [5.41, 5.74) is -0.208. The number of aromatic amines is 1. The Labute approximate surface area is 163 Å². The lowest BCUT2D eigenvalue weighted by Gasteiger charge is -2.11. The first kappa shape index (κ1) is 18.5. The molecular formula is C20H17N3O6. The molecule has 9 nitrogen and oxygen atoms in total. The van der Waals surface area contributed by atoms with E-state index in [0.717, 1.165) is 4.68 Å². The van der Waals surface area contributed by atoms with Crippen molar-refractivity contribution in [1.29, 1.82) is 0 Å². The summed E-state index contributed by atoms with van der Waals surface area (Å²) in [4.78, 5) is 49.0. The van der Waals surface area contributed by atoms with Crippen LogP contribution < -0.4 is 25.9 Å². The molecule has 0 unspecified atom stereocenters. The van der Waals surface area contributed by atoms with Gasteiger partial charge in [-0.15, -0.1) is 0 Å². The van der Waals surface area contributed by atoms with Gasteiger partial charge in [0.05, 0.1) is 23.0 Å². The number of H-pyrrole nitrogens is 1. The molecule has 0 spiro atoms. The van der Waals surface area contributed by atoms with Crippen LogP contribution in [0.15, 0.2) is 46.0 Å². The summed E-state index contributed by atoms with van der Waals surface area (Å²) < 4.78 is 11.6. The summed E-state index contributed by atoms with van der Waals surface area (Å²) in [6.07, 6.45) is -0.0834. The summed E-state index contributed by atoms with van der Waals surface area (Å²) in [6, 6.07) is 9.52. The number of fused-ring (bicyclic) bond motifs is 2. The van der Waals surface area contributed by atoms with Crippen LogP contribution in [0, 0.1) is 0 Å². The summed E-state index contributed by atoms with van der Waals surface area (Å²) >= 11 is 0. The number of Topliss-reactive ketones (excluding diaryl/α,β-unsaturated/α-hetero) is 1. The quantitative estimate of drug-likeness (QED) is 0.634. The standard InChI is InChI=1S/C20H17N3O6/c1-11(24)14-8-16-17(29-10-28-16)9-15(14)21-18(25)6-7-23-20(27)13-5-3-2-4-12(13)19(26)22-23/h2-5,8-9H,6-7,10H2,1H3,(H,21,25)(H,22,26). The summed E-state index contributed by atoms with van der Waals surface area (Å²) in [5, 5.41) is 5.72. The van der Waals surface area contributed by atoms with Crippen LogP contribution in [0.5, 0.6) is 11.5 Å². The number of rotatable bonds is 5. The summed E-state index contributed by atoms with van der Waals surface area (Å²) in [5.74, 6) is 0.204. The number of amides is 1. The largest absolute Gasteiger partial charge is 0.454 e. The predicted octanol–water partition coefficient (Wildman–Crippen LogP) is 1.65. The lowest BCUT2D eigenvalue weighted by molar-refractivity contribution is -0.116.